The third-order valence-electron chi connectivity index (χ3n) is 9.07. The quantitative estimate of drug-likeness (QED) is 0.184. The van der Waals surface area contributed by atoms with Crippen molar-refractivity contribution in [1.82, 2.24) is 0 Å². The molecule has 1 atom stereocenters. The van der Waals surface area contributed by atoms with Gasteiger partial charge in [-0.3, -0.25) is 0 Å². The van der Waals surface area contributed by atoms with Crippen LogP contribution < -0.4 is 4.74 Å². The van der Waals surface area contributed by atoms with Gasteiger partial charge in [-0.05, 0) is 79.4 Å². The largest absolute Gasteiger partial charge is 0.493 e. The van der Waals surface area contributed by atoms with Crippen molar-refractivity contribution in [2.24, 2.45) is 23.7 Å². The smallest absolute Gasteiger partial charge is 0.119 e. The second-order valence-electron chi connectivity index (χ2n) is 11.7. The van der Waals surface area contributed by atoms with Crippen molar-refractivity contribution in [2.75, 3.05) is 6.61 Å². The fraction of sp³-hybridized carbons (Fsp3) is 0.758. The van der Waals surface area contributed by atoms with E-state index in [9.17, 15) is 0 Å². The zero-order chi connectivity index (χ0) is 24.0. The number of benzene rings is 1. The highest BCUT2D eigenvalue weighted by Crippen LogP contribution is 2.42. The van der Waals surface area contributed by atoms with E-state index in [1.165, 1.54) is 108 Å². The van der Waals surface area contributed by atoms with Crippen LogP contribution in [0.1, 0.15) is 134 Å². The lowest BCUT2D eigenvalue weighted by Crippen LogP contribution is -2.21. The van der Waals surface area contributed by atoms with Gasteiger partial charge < -0.3 is 4.74 Å². The Morgan fingerprint density at radius 2 is 1.29 bits per heavy atom. The fourth-order valence-corrected chi connectivity index (χ4v) is 6.74. The van der Waals surface area contributed by atoms with Crippen LogP contribution in [0.2, 0.25) is 0 Å². The van der Waals surface area contributed by atoms with Gasteiger partial charge in [0.25, 0.3) is 0 Å². The maximum atomic E-state index is 6.26. The average molecular weight is 467 g/mol. The van der Waals surface area contributed by atoms with E-state index in [0.29, 0.717) is 5.92 Å². The first-order chi connectivity index (χ1) is 16.7. The van der Waals surface area contributed by atoms with Crippen LogP contribution in [0, 0.1) is 23.7 Å². The molecule has 3 rings (SSSR count). The molecule has 1 nitrogen and oxygen atoms in total. The summed E-state index contributed by atoms with van der Waals surface area (Å²) in [6.45, 7) is 9.61. The Kier molecular flexibility index (Phi) is 12.6. The molecule has 0 N–H and O–H groups in total. The minimum absolute atomic E-state index is 0.631. The number of hydrogen-bond acceptors (Lipinski definition) is 1. The van der Waals surface area contributed by atoms with E-state index in [1.54, 1.807) is 0 Å². The molecular formula is C33H54O. The van der Waals surface area contributed by atoms with Crippen molar-refractivity contribution in [1.29, 1.82) is 0 Å². The van der Waals surface area contributed by atoms with Crippen LogP contribution in [0.25, 0.3) is 0 Å². The second-order valence-corrected chi connectivity index (χ2v) is 11.7. The minimum Gasteiger partial charge on any atom is -0.493 e. The van der Waals surface area contributed by atoms with Crippen molar-refractivity contribution in [3.05, 3.63) is 42.5 Å². The zero-order valence-corrected chi connectivity index (χ0v) is 22.6. The van der Waals surface area contributed by atoms with Crippen molar-refractivity contribution < 1.29 is 4.74 Å². The second kappa shape index (κ2) is 15.7. The summed E-state index contributed by atoms with van der Waals surface area (Å²) < 4.78 is 6.26. The number of hydrogen-bond donors (Lipinski definition) is 0. The predicted molar refractivity (Wildman–Crippen MR) is 149 cm³/mol. The summed E-state index contributed by atoms with van der Waals surface area (Å²) in [5.74, 6) is 5.23. The van der Waals surface area contributed by atoms with E-state index in [0.717, 1.165) is 42.4 Å². The molecule has 2 aliphatic carbocycles. The summed E-state index contributed by atoms with van der Waals surface area (Å²) in [7, 11) is 0. The molecular weight excluding hydrogens is 412 g/mol. The molecule has 1 heteroatoms. The fourth-order valence-electron chi connectivity index (χ4n) is 6.74. The van der Waals surface area contributed by atoms with Crippen molar-refractivity contribution in [3.63, 3.8) is 0 Å². The molecule has 2 fully saturated rings. The van der Waals surface area contributed by atoms with Gasteiger partial charge in [0.05, 0.1) is 6.61 Å². The van der Waals surface area contributed by atoms with Gasteiger partial charge in [-0.2, -0.15) is 0 Å². The minimum atomic E-state index is 0.631. The molecule has 1 unspecified atom stereocenters. The molecule has 1 aromatic rings. The van der Waals surface area contributed by atoms with E-state index < -0.39 is 0 Å². The Labute approximate surface area is 212 Å². The molecule has 0 amide bonds. The molecule has 0 spiro atoms. The summed E-state index contributed by atoms with van der Waals surface area (Å²) in [5, 5.41) is 0. The number of rotatable bonds is 15. The van der Waals surface area contributed by atoms with Gasteiger partial charge in [0.2, 0.25) is 0 Å². The van der Waals surface area contributed by atoms with Crippen LogP contribution in [0.5, 0.6) is 5.75 Å². The average Bonchev–Trinajstić information content (AvgIpc) is 2.88. The Bertz CT molecular complexity index is 646. The van der Waals surface area contributed by atoms with Crippen LogP contribution in [0.15, 0.2) is 36.9 Å². The highest BCUT2D eigenvalue weighted by Gasteiger charge is 2.28. The van der Waals surface area contributed by atoms with E-state index in [4.69, 9.17) is 4.74 Å². The molecule has 0 aliphatic heterocycles. The SMILES string of the molecule is C=CCC(c1ccc(OCC2CCC(CCCCC)CC2)cc1)C1CCC(CCCCC)CC1. The first kappa shape index (κ1) is 27.3. The number of ether oxygens (including phenoxy) is 1. The highest BCUT2D eigenvalue weighted by atomic mass is 16.5. The van der Waals surface area contributed by atoms with E-state index in [-0.39, 0.29) is 0 Å². The van der Waals surface area contributed by atoms with Crippen molar-refractivity contribution in [2.45, 2.75) is 129 Å². The van der Waals surface area contributed by atoms with Gasteiger partial charge in [0.1, 0.15) is 5.75 Å². The molecule has 34 heavy (non-hydrogen) atoms. The molecule has 2 saturated carbocycles. The van der Waals surface area contributed by atoms with Crippen LogP contribution in [-0.2, 0) is 0 Å². The van der Waals surface area contributed by atoms with E-state index in [1.807, 2.05) is 0 Å². The lowest BCUT2D eigenvalue weighted by Gasteiger charge is -2.34. The number of unbranched alkanes of at least 4 members (excludes halogenated alkanes) is 4. The van der Waals surface area contributed by atoms with E-state index in [2.05, 4.69) is 50.8 Å². The highest BCUT2D eigenvalue weighted by molar-refractivity contribution is 5.30. The Morgan fingerprint density at radius 1 is 0.765 bits per heavy atom. The van der Waals surface area contributed by atoms with Crippen LogP contribution in [-0.4, -0.2) is 6.61 Å². The summed E-state index contributed by atoms with van der Waals surface area (Å²) in [5.41, 5.74) is 1.49. The van der Waals surface area contributed by atoms with Gasteiger partial charge in [0, 0.05) is 0 Å². The molecule has 2 aliphatic rings. The van der Waals surface area contributed by atoms with Crippen LogP contribution in [0.4, 0.5) is 0 Å². The Morgan fingerprint density at radius 3 is 1.82 bits per heavy atom. The summed E-state index contributed by atoms with van der Waals surface area (Å²) in [6, 6.07) is 9.17. The molecule has 0 aromatic heterocycles. The van der Waals surface area contributed by atoms with Gasteiger partial charge >= 0.3 is 0 Å². The first-order valence-corrected chi connectivity index (χ1v) is 15.1. The summed E-state index contributed by atoms with van der Waals surface area (Å²) in [6.07, 6.45) is 25.7. The van der Waals surface area contributed by atoms with Crippen LogP contribution in [0.3, 0.4) is 0 Å². The summed E-state index contributed by atoms with van der Waals surface area (Å²) in [4.78, 5) is 0. The van der Waals surface area contributed by atoms with Gasteiger partial charge in [-0.1, -0.05) is 109 Å². The predicted octanol–water partition coefficient (Wildman–Crippen LogP) is 10.5. The monoisotopic (exact) mass is 466 g/mol. The molecule has 0 bridgehead atoms. The van der Waals surface area contributed by atoms with Gasteiger partial charge in [-0.25, -0.2) is 0 Å². The maximum absolute atomic E-state index is 6.26. The van der Waals surface area contributed by atoms with Crippen molar-refractivity contribution in [3.8, 4) is 5.75 Å². The topological polar surface area (TPSA) is 9.23 Å². The maximum Gasteiger partial charge on any atom is 0.119 e. The third kappa shape index (κ3) is 9.09. The van der Waals surface area contributed by atoms with Gasteiger partial charge in [0.15, 0.2) is 0 Å². The van der Waals surface area contributed by atoms with Crippen LogP contribution >= 0.6 is 0 Å². The Balaban J connectivity index is 1.42. The molecule has 0 radical (unpaired) electrons. The third-order valence-corrected chi connectivity index (χ3v) is 9.07. The molecule has 0 heterocycles. The molecule has 192 valence electrons. The summed E-state index contributed by atoms with van der Waals surface area (Å²) >= 11 is 0. The molecule has 1 aromatic carbocycles. The first-order valence-electron chi connectivity index (χ1n) is 15.1. The Hall–Kier alpha value is -1.24. The zero-order valence-electron chi connectivity index (χ0n) is 22.6. The van der Waals surface area contributed by atoms with E-state index >= 15 is 0 Å². The lowest BCUT2D eigenvalue weighted by molar-refractivity contribution is 0.177. The standard InChI is InChI=1S/C33H54O/c1-4-7-9-12-27-14-16-29(17-15-27)26-34-32-24-22-31(23-25-32)33(11-6-3)30-20-18-28(19-21-30)13-10-8-5-2/h6,22-25,27-30,33H,3-5,7-21,26H2,1-2H3. The van der Waals surface area contributed by atoms with Gasteiger partial charge in [-0.15, -0.1) is 6.58 Å². The van der Waals surface area contributed by atoms with Crippen molar-refractivity contribution >= 4 is 0 Å². The molecule has 0 saturated heterocycles. The normalized spacial score (nSPS) is 26.2. The lowest BCUT2D eigenvalue weighted by atomic mass is 9.71. The number of allylic oxidation sites excluding steroid dienone is 1.